The molecule has 1 atom stereocenters. The van der Waals surface area contributed by atoms with E-state index in [9.17, 15) is 4.79 Å². The predicted molar refractivity (Wildman–Crippen MR) is 51.3 cm³/mol. The van der Waals surface area contributed by atoms with Gasteiger partial charge in [-0.15, -0.1) is 0 Å². The van der Waals surface area contributed by atoms with Crippen LogP contribution in [-0.4, -0.2) is 25.0 Å². The summed E-state index contributed by atoms with van der Waals surface area (Å²) < 4.78 is 0. The van der Waals surface area contributed by atoms with Crippen LogP contribution in [0.5, 0.6) is 0 Å². The second-order valence-electron chi connectivity index (χ2n) is 3.84. The van der Waals surface area contributed by atoms with Crippen molar-refractivity contribution in [2.75, 3.05) is 13.1 Å². The lowest BCUT2D eigenvalue weighted by molar-refractivity contribution is -0.125. The van der Waals surface area contributed by atoms with Gasteiger partial charge in [0.25, 0.3) is 0 Å². The zero-order valence-electron chi connectivity index (χ0n) is 7.75. The fraction of sp³-hybridized carbons (Fsp3) is 0.700. The molecular formula is C10H16N2O. The molecule has 0 aromatic rings. The molecule has 0 saturated carbocycles. The Morgan fingerprint density at radius 2 is 2.15 bits per heavy atom. The van der Waals surface area contributed by atoms with Crippen molar-refractivity contribution in [2.24, 2.45) is 5.92 Å². The van der Waals surface area contributed by atoms with Gasteiger partial charge in [0.1, 0.15) is 0 Å². The fourth-order valence-electron chi connectivity index (χ4n) is 1.93. The largest absolute Gasteiger partial charge is 0.352 e. The number of allylic oxidation sites excluding steroid dienone is 2. The van der Waals surface area contributed by atoms with E-state index in [0.29, 0.717) is 6.04 Å². The Bertz CT molecular complexity index is 211. The van der Waals surface area contributed by atoms with Gasteiger partial charge in [-0.1, -0.05) is 12.2 Å². The third kappa shape index (κ3) is 2.10. The van der Waals surface area contributed by atoms with Crippen LogP contribution in [0.3, 0.4) is 0 Å². The Labute approximate surface area is 78.6 Å². The van der Waals surface area contributed by atoms with Crippen LogP contribution in [0, 0.1) is 5.92 Å². The summed E-state index contributed by atoms with van der Waals surface area (Å²) in [5.74, 6) is 0.444. The highest BCUT2D eigenvalue weighted by Gasteiger charge is 2.23. The van der Waals surface area contributed by atoms with Gasteiger partial charge >= 0.3 is 0 Å². The Balaban J connectivity index is 1.77. The van der Waals surface area contributed by atoms with Gasteiger partial charge in [0.05, 0.1) is 0 Å². The van der Waals surface area contributed by atoms with Crippen LogP contribution in [0.15, 0.2) is 12.2 Å². The Morgan fingerprint density at radius 1 is 1.38 bits per heavy atom. The minimum absolute atomic E-state index is 0.209. The van der Waals surface area contributed by atoms with Crippen LogP contribution in [0.4, 0.5) is 0 Å². The molecule has 0 aromatic carbocycles. The van der Waals surface area contributed by atoms with Gasteiger partial charge in [-0.2, -0.15) is 0 Å². The molecule has 72 valence electrons. The molecule has 1 fully saturated rings. The molecule has 1 saturated heterocycles. The molecule has 1 aliphatic heterocycles. The van der Waals surface area contributed by atoms with Crippen LogP contribution < -0.4 is 10.6 Å². The van der Waals surface area contributed by atoms with E-state index in [1.54, 1.807) is 0 Å². The van der Waals surface area contributed by atoms with Crippen molar-refractivity contribution in [1.29, 1.82) is 0 Å². The third-order valence-corrected chi connectivity index (χ3v) is 2.79. The Kier molecular flexibility index (Phi) is 2.64. The molecule has 2 rings (SSSR count). The van der Waals surface area contributed by atoms with Crippen molar-refractivity contribution >= 4 is 5.91 Å². The lowest BCUT2D eigenvalue weighted by Gasteiger charge is -2.14. The molecule has 2 aliphatic rings. The van der Waals surface area contributed by atoms with Crippen LogP contribution in [0.1, 0.15) is 19.3 Å². The molecule has 3 heteroatoms. The number of carbonyl (C=O) groups excluding carboxylic acids is 1. The van der Waals surface area contributed by atoms with Gasteiger partial charge in [0.15, 0.2) is 0 Å². The number of hydrogen-bond acceptors (Lipinski definition) is 2. The van der Waals surface area contributed by atoms with E-state index in [1.165, 1.54) is 0 Å². The number of amides is 1. The number of hydrogen-bond donors (Lipinski definition) is 2. The third-order valence-electron chi connectivity index (χ3n) is 2.79. The highest BCUT2D eigenvalue weighted by atomic mass is 16.1. The van der Waals surface area contributed by atoms with Crippen LogP contribution in [-0.2, 0) is 4.79 Å². The highest BCUT2D eigenvalue weighted by molar-refractivity contribution is 5.79. The van der Waals surface area contributed by atoms with Crippen molar-refractivity contribution in [2.45, 2.75) is 25.3 Å². The molecular weight excluding hydrogens is 164 g/mol. The number of rotatable bonds is 2. The number of carbonyl (C=O) groups is 1. The molecule has 1 heterocycles. The monoisotopic (exact) mass is 180 g/mol. The summed E-state index contributed by atoms with van der Waals surface area (Å²) in [7, 11) is 0. The number of nitrogens with one attached hydrogen (secondary N) is 2. The lowest BCUT2D eigenvalue weighted by Crippen LogP contribution is -2.39. The molecule has 2 N–H and O–H groups in total. The standard InChI is InChI=1S/C10H16N2O/c13-10(8-3-1-2-4-8)12-9-5-6-11-7-9/h1-2,8-9,11H,3-7H2,(H,12,13). The van der Waals surface area contributed by atoms with Gasteiger partial charge in [-0.25, -0.2) is 0 Å². The van der Waals surface area contributed by atoms with E-state index in [4.69, 9.17) is 0 Å². The van der Waals surface area contributed by atoms with Crippen molar-refractivity contribution < 1.29 is 4.79 Å². The predicted octanol–water partition coefficient (Wildman–Crippen LogP) is 0.431. The minimum atomic E-state index is 0.209. The summed E-state index contributed by atoms with van der Waals surface area (Å²) in [6.07, 6.45) is 7.11. The summed E-state index contributed by atoms with van der Waals surface area (Å²) in [5.41, 5.74) is 0. The highest BCUT2D eigenvalue weighted by Crippen LogP contribution is 2.17. The first-order valence-corrected chi connectivity index (χ1v) is 5.02. The first-order valence-electron chi connectivity index (χ1n) is 5.02. The minimum Gasteiger partial charge on any atom is -0.352 e. The van der Waals surface area contributed by atoms with E-state index in [-0.39, 0.29) is 11.8 Å². The maximum atomic E-state index is 11.6. The average molecular weight is 180 g/mol. The first-order chi connectivity index (χ1) is 6.36. The molecule has 0 spiro atoms. The molecule has 0 radical (unpaired) electrons. The van der Waals surface area contributed by atoms with E-state index >= 15 is 0 Å². The van der Waals surface area contributed by atoms with Gasteiger partial charge in [-0.05, 0) is 25.8 Å². The van der Waals surface area contributed by atoms with Crippen molar-refractivity contribution in [1.82, 2.24) is 10.6 Å². The molecule has 3 nitrogen and oxygen atoms in total. The summed E-state index contributed by atoms with van der Waals surface area (Å²) in [6, 6.07) is 0.369. The van der Waals surface area contributed by atoms with E-state index in [1.807, 2.05) is 0 Å². The summed E-state index contributed by atoms with van der Waals surface area (Å²) >= 11 is 0. The van der Waals surface area contributed by atoms with E-state index in [2.05, 4.69) is 22.8 Å². The van der Waals surface area contributed by atoms with E-state index in [0.717, 1.165) is 32.4 Å². The normalized spacial score (nSPS) is 28.2. The van der Waals surface area contributed by atoms with Gasteiger partial charge in [0.2, 0.25) is 5.91 Å². The maximum Gasteiger partial charge on any atom is 0.223 e. The molecule has 13 heavy (non-hydrogen) atoms. The van der Waals surface area contributed by atoms with Crippen LogP contribution in [0.2, 0.25) is 0 Å². The Morgan fingerprint density at radius 3 is 2.77 bits per heavy atom. The Hall–Kier alpha value is -0.830. The zero-order valence-corrected chi connectivity index (χ0v) is 7.75. The average Bonchev–Trinajstić information content (AvgIpc) is 2.74. The van der Waals surface area contributed by atoms with Gasteiger partial charge < -0.3 is 10.6 Å². The van der Waals surface area contributed by atoms with Crippen LogP contribution >= 0.6 is 0 Å². The lowest BCUT2D eigenvalue weighted by atomic mass is 10.1. The van der Waals surface area contributed by atoms with Crippen molar-refractivity contribution in [3.8, 4) is 0 Å². The second kappa shape index (κ2) is 3.92. The van der Waals surface area contributed by atoms with E-state index < -0.39 is 0 Å². The second-order valence-corrected chi connectivity index (χ2v) is 3.84. The van der Waals surface area contributed by atoms with Gasteiger partial charge in [-0.3, -0.25) is 4.79 Å². The molecule has 0 aromatic heterocycles. The summed E-state index contributed by atoms with van der Waals surface area (Å²) in [4.78, 5) is 11.6. The van der Waals surface area contributed by atoms with Crippen LogP contribution in [0.25, 0.3) is 0 Å². The summed E-state index contributed by atoms with van der Waals surface area (Å²) in [6.45, 7) is 1.97. The maximum absolute atomic E-state index is 11.6. The first kappa shape index (κ1) is 8.75. The SMILES string of the molecule is O=C(NC1CCNC1)C1CC=CC1. The molecule has 1 aliphatic carbocycles. The molecule has 1 unspecified atom stereocenters. The van der Waals surface area contributed by atoms with Crippen molar-refractivity contribution in [3.63, 3.8) is 0 Å². The molecule has 0 bridgehead atoms. The molecule has 1 amide bonds. The summed E-state index contributed by atoms with van der Waals surface area (Å²) in [5, 5.41) is 6.32. The quantitative estimate of drug-likeness (QED) is 0.605. The zero-order chi connectivity index (χ0) is 9.10. The van der Waals surface area contributed by atoms with Gasteiger partial charge in [0, 0.05) is 18.5 Å². The smallest absolute Gasteiger partial charge is 0.223 e. The fourth-order valence-corrected chi connectivity index (χ4v) is 1.93. The topological polar surface area (TPSA) is 41.1 Å². The van der Waals surface area contributed by atoms with Crippen molar-refractivity contribution in [3.05, 3.63) is 12.2 Å².